The van der Waals surface area contributed by atoms with Crippen LogP contribution in [0.5, 0.6) is 5.88 Å². The number of nitrogens with one attached hydrogen (secondary N) is 2. The molecule has 3 aromatic heterocycles. The number of nitrogens with zero attached hydrogens (tertiary/aromatic N) is 8. The molecule has 1 saturated carbocycles. The maximum absolute atomic E-state index is 15.2. The van der Waals surface area contributed by atoms with Gasteiger partial charge in [-0.25, -0.2) is 18.4 Å². The van der Waals surface area contributed by atoms with Crippen molar-refractivity contribution in [1.29, 1.82) is 0 Å². The van der Waals surface area contributed by atoms with Crippen LogP contribution in [0.2, 0.25) is 0 Å². The van der Waals surface area contributed by atoms with E-state index in [-0.39, 0.29) is 24.3 Å². The number of hydrogen-bond acceptors (Lipinski definition) is 10. The van der Waals surface area contributed by atoms with Gasteiger partial charge in [0.25, 0.3) is 5.91 Å². The number of fused-ring (bicyclic) bond motifs is 9. The van der Waals surface area contributed by atoms with Crippen LogP contribution in [0.25, 0.3) is 22.3 Å². The molecule has 4 bridgehead atoms. The third-order valence-corrected chi connectivity index (χ3v) is 13.4. The summed E-state index contributed by atoms with van der Waals surface area (Å²) in [6, 6.07) is 12.6. The first-order valence-corrected chi connectivity index (χ1v) is 21.5. The van der Waals surface area contributed by atoms with Crippen molar-refractivity contribution < 1.29 is 27.9 Å². The van der Waals surface area contributed by atoms with Gasteiger partial charge in [-0.15, -0.1) is 0 Å². The maximum Gasteiger partial charge on any atom is 0.258 e. The average molecular weight is 833 g/mol. The molecule has 14 nitrogen and oxygen atoms in total. The number of amides is 3. The molecule has 3 saturated heterocycles. The number of rotatable bonds is 5. The number of carbonyl (C=O) groups is 3. The number of piperazine rings is 1. The summed E-state index contributed by atoms with van der Waals surface area (Å²) in [5, 5.41) is 10.0. The molecular formula is C45H50F2N10O4. The Hall–Kier alpha value is -5.90. The smallest absolute Gasteiger partial charge is 0.258 e. The second kappa shape index (κ2) is 15.5. The number of halogens is 2. The van der Waals surface area contributed by atoms with E-state index in [0.717, 1.165) is 92.2 Å². The molecule has 7 heterocycles. The fraction of sp³-hybridized carbons (Fsp3) is 0.467. The molecule has 4 fully saturated rings. The molecule has 0 radical (unpaired) electrons. The summed E-state index contributed by atoms with van der Waals surface area (Å²) in [6.07, 6.45) is 3.28. The molecule has 10 rings (SSSR count). The summed E-state index contributed by atoms with van der Waals surface area (Å²) < 4.78 is 40.8. The van der Waals surface area contributed by atoms with Gasteiger partial charge in [-0.2, -0.15) is 5.10 Å². The van der Waals surface area contributed by atoms with Crippen LogP contribution < -0.4 is 25.2 Å². The topological polar surface area (TPSA) is 143 Å². The van der Waals surface area contributed by atoms with E-state index < -0.39 is 29.4 Å². The number of anilines is 3. The van der Waals surface area contributed by atoms with E-state index in [1.807, 2.05) is 31.9 Å². The largest absolute Gasteiger partial charge is 0.477 e. The minimum atomic E-state index is -1.01. The lowest BCUT2D eigenvalue weighted by molar-refractivity contribution is -0.134. The summed E-state index contributed by atoms with van der Waals surface area (Å²) in [6.45, 7) is 10.9. The minimum absolute atomic E-state index is 0.0585. The van der Waals surface area contributed by atoms with E-state index in [1.54, 1.807) is 10.7 Å². The van der Waals surface area contributed by atoms with Crippen LogP contribution in [-0.4, -0.2) is 99.4 Å². The molecule has 0 unspecified atom stereocenters. The number of aromatic nitrogens is 5. The van der Waals surface area contributed by atoms with E-state index in [2.05, 4.69) is 48.3 Å². The summed E-state index contributed by atoms with van der Waals surface area (Å²) in [7, 11) is 1.88. The highest BCUT2D eigenvalue weighted by Gasteiger charge is 2.36. The normalized spacial score (nSPS) is 22.5. The Morgan fingerprint density at radius 1 is 0.836 bits per heavy atom. The maximum atomic E-state index is 15.2. The number of pyridine rings is 1. The zero-order valence-electron chi connectivity index (χ0n) is 34.7. The van der Waals surface area contributed by atoms with Crippen LogP contribution in [0.15, 0.2) is 42.5 Å². The van der Waals surface area contributed by atoms with E-state index in [4.69, 9.17) is 14.7 Å². The second-order valence-electron chi connectivity index (χ2n) is 17.7. The zero-order valence-corrected chi connectivity index (χ0v) is 34.7. The van der Waals surface area contributed by atoms with Gasteiger partial charge in [-0.1, -0.05) is 0 Å². The number of imidazole rings is 1. The van der Waals surface area contributed by atoms with Crippen LogP contribution in [0, 0.1) is 43.2 Å². The summed E-state index contributed by atoms with van der Waals surface area (Å²) in [5.74, 6) is -1.47. The Kier molecular flexibility index (Phi) is 9.99. The third-order valence-electron chi connectivity index (χ3n) is 13.4. The lowest BCUT2D eigenvalue weighted by Gasteiger charge is -2.45. The van der Waals surface area contributed by atoms with Gasteiger partial charge in [0.2, 0.25) is 23.6 Å². The molecule has 5 aliphatic rings. The Morgan fingerprint density at radius 3 is 2.38 bits per heavy atom. The van der Waals surface area contributed by atoms with Crippen LogP contribution >= 0.6 is 0 Å². The number of carbonyl (C=O) groups excluding carboxylic acids is 3. The average Bonchev–Trinajstić information content (AvgIpc) is 3.89. The highest BCUT2D eigenvalue weighted by molar-refractivity contribution is 6.05. The summed E-state index contributed by atoms with van der Waals surface area (Å²) in [5.41, 5.74) is 6.61. The molecular weight excluding hydrogens is 783 g/mol. The molecule has 4 aliphatic heterocycles. The van der Waals surface area contributed by atoms with Crippen molar-refractivity contribution >= 4 is 46.1 Å². The Balaban J connectivity index is 0.817. The van der Waals surface area contributed by atoms with Crippen molar-refractivity contribution in [2.24, 2.45) is 24.8 Å². The van der Waals surface area contributed by atoms with Gasteiger partial charge in [0.1, 0.15) is 11.6 Å². The second-order valence-corrected chi connectivity index (χ2v) is 17.7. The molecule has 0 spiro atoms. The Bertz CT molecular complexity index is 2550. The first-order chi connectivity index (χ1) is 29.4. The summed E-state index contributed by atoms with van der Waals surface area (Å²) >= 11 is 0. The van der Waals surface area contributed by atoms with Gasteiger partial charge >= 0.3 is 0 Å². The molecule has 61 heavy (non-hydrogen) atoms. The fourth-order valence-electron chi connectivity index (χ4n) is 10.2. The lowest BCUT2D eigenvalue weighted by Crippen LogP contribution is -2.55. The van der Waals surface area contributed by atoms with Gasteiger partial charge in [-0.05, 0) is 93.8 Å². The monoisotopic (exact) mass is 832 g/mol. The molecule has 1 aliphatic carbocycles. The van der Waals surface area contributed by atoms with Crippen LogP contribution in [-0.2, 0) is 23.2 Å². The zero-order chi connectivity index (χ0) is 42.1. The highest BCUT2D eigenvalue weighted by atomic mass is 19.1. The predicted molar refractivity (Wildman–Crippen MR) is 226 cm³/mol. The molecule has 3 amide bonds. The lowest BCUT2D eigenvalue weighted by atomic mass is 9.89. The highest BCUT2D eigenvalue weighted by Crippen LogP contribution is 2.39. The van der Waals surface area contributed by atoms with Crippen molar-refractivity contribution in [3.63, 3.8) is 0 Å². The van der Waals surface area contributed by atoms with Gasteiger partial charge in [0, 0.05) is 99.9 Å². The van der Waals surface area contributed by atoms with Gasteiger partial charge < -0.3 is 19.1 Å². The van der Waals surface area contributed by atoms with Gasteiger partial charge in [0.15, 0.2) is 0 Å². The minimum Gasteiger partial charge on any atom is -0.477 e. The van der Waals surface area contributed by atoms with Crippen molar-refractivity contribution in [1.82, 2.24) is 34.5 Å². The third kappa shape index (κ3) is 7.48. The molecule has 3 atom stereocenters. The fourth-order valence-corrected chi connectivity index (χ4v) is 10.2. The molecule has 16 heteroatoms. The van der Waals surface area contributed by atoms with E-state index >= 15 is 8.78 Å². The number of aryl methyl sites for hydroxylation is 3. The van der Waals surface area contributed by atoms with Crippen molar-refractivity contribution in [3.05, 3.63) is 76.6 Å². The van der Waals surface area contributed by atoms with Crippen LogP contribution in [0.1, 0.15) is 65.3 Å². The quantitative estimate of drug-likeness (QED) is 0.216. The number of benzene rings is 2. The Morgan fingerprint density at radius 2 is 1.61 bits per heavy atom. The van der Waals surface area contributed by atoms with Crippen molar-refractivity contribution in [2.75, 3.05) is 67.5 Å². The van der Waals surface area contributed by atoms with Gasteiger partial charge in [0.05, 0.1) is 40.5 Å². The van der Waals surface area contributed by atoms with Crippen LogP contribution in [0.4, 0.5) is 26.1 Å². The van der Waals surface area contributed by atoms with Crippen molar-refractivity contribution in [3.8, 4) is 17.1 Å². The van der Waals surface area contributed by atoms with E-state index in [9.17, 15) is 14.4 Å². The molecule has 2 aromatic carbocycles. The van der Waals surface area contributed by atoms with Crippen LogP contribution in [0.3, 0.4) is 0 Å². The number of ether oxygens (including phenoxy) is 1. The number of hydrogen-bond donors (Lipinski definition) is 2. The first kappa shape index (κ1) is 39.2. The summed E-state index contributed by atoms with van der Waals surface area (Å²) in [4.78, 5) is 54.5. The SMILES string of the molecule is Cc1cc2cc(n1)-c1c(C)nn(C)c1OC[C@H]1CC[C@H](C1)Cn1c(nc3ccc(N4CCN(CC5CN(c6cc(F)c([C@H]7CCC(=O)NC7=O)c(F)c6)C5)CC4)cc31)NC2=O. The Labute approximate surface area is 352 Å². The predicted octanol–water partition coefficient (Wildman–Crippen LogP) is 5.57. The first-order valence-electron chi connectivity index (χ1n) is 21.5. The standard InChI is InChI=1S/C45H50F2N10O4/c1-25-14-30-16-37(48-25)40-26(2)52-53(3)44(40)61-24-28-5-4-27(15-28)23-57-38-19-31(6-8-36(38)49-45(57)51-42(30)59)55-12-10-54(11-13-55)20-29-21-56(22-29)32-17-34(46)41(35(47)18-32)33-7-9-39(58)50-43(33)60/h6,8,14,16-19,27-29,33H,4-5,7,9-13,15,20-24H2,1-3H3,(H,49,51,59)(H,50,58,60)/t27-,28+,33-/m1/s1. The van der Waals surface area contributed by atoms with Crippen molar-refractivity contribution in [2.45, 2.75) is 58.4 Å². The van der Waals surface area contributed by atoms with E-state index in [0.29, 0.717) is 66.2 Å². The molecule has 318 valence electrons. The number of piperidine rings is 1. The molecule has 2 N–H and O–H groups in total. The number of imide groups is 1. The van der Waals surface area contributed by atoms with E-state index in [1.165, 1.54) is 12.1 Å². The van der Waals surface area contributed by atoms with Gasteiger partial charge in [-0.3, -0.25) is 34.9 Å². The molecule has 5 aromatic rings.